The van der Waals surface area contributed by atoms with Crippen LogP contribution in [0.25, 0.3) is 11.0 Å². The van der Waals surface area contributed by atoms with Crippen molar-refractivity contribution in [2.24, 2.45) is 0 Å². The van der Waals surface area contributed by atoms with E-state index in [1.54, 1.807) is 42.9 Å². The summed E-state index contributed by atoms with van der Waals surface area (Å²) >= 11 is 0. The van der Waals surface area contributed by atoms with Crippen molar-refractivity contribution in [3.63, 3.8) is 0 Å². The first kappa shape index (κ1) is 21.3. The van der Waals surface area contributed by atoms with Crippen molar-refractivity contribution in [2.75, 3.05) is 26.3 Å². The van der Waals surface area contributed by atoms with E-state index in [0.717, 1.165) is 5.56 Å². The molecular weight excluding hydrogens is 422 g/mol. The second-order valence-corrected chi connectivity index (χ2v) is 7.72. The van der Waals surface area contributed by atoms with Crippen LogP contribution in [0.3, 0.4) is 0 Å². The molecule has 1 saturated heterocycles. The van der Waals surface area contributed by atoms with E-state index in [0.29, 0.717) is 48.4 Å². The van der Waals surface area contributed by atoms with E-state index in [1.807, 2.05) is 24.3 Å². The highest BCUT2D eigenvalue weighted by Gasteiger charge is 2.32. The van der Waals surface area contributed by atoms with Gasteiger partial charge in [0.15, 0.2) is 0 Å². The fourth-order valence-corrected chi connectivity index (χ4v) is 4.13. The number of hydrogen-bond acceptors (Lipinski definition) is 8. The third-order valence-corrected chi connectivity index (χ3v) is 5.68. The molecule has 0 spiro atoms. The van der Waals surface area contributed by atoms with E-state index in [-0.39, 0.29) is 5.75 Å². The molecule has 0 amide bonds. The van der Waals surface area contributed by atoms with Crippen molar-refractivity contribution < 1.29 is 19.0 Å². The number of morpholine rings is 1. The van der Waals surface area contributed by atoms with E-state index >= 15 is 0 Å². The minimum atomic E-state index is -1.32. The minimum Gasteiger partial charge on any atom is -0.459 e. The predicted octanol–water partition coefficient (Wildman–Crippen LogP) is 3.07. The van der Waals surface area contributed by atoms with Crippen molar-refractivity contribution in [2.45, 2.75) is 12.3 Å². The van der Waals surface area contributed by atoms with Gasteiger partial charge in [0.05, 0.1) is 24.6 Å². The van der Waals surface area contributed by atoms with Gasteiger partial charge in [-0.2, -0.15) is 0 Å². The molecule has 5 rings (SSSR count). The fraction of sp³-hybridized carbons (Fsp3) is 0.240. The van der Waals surface area contributed by atoms with Crippen LogP contribution in [0.15, 0.2) is 82.5 Å². The van der Waals surface area contributed by atoms with Gasteiger partial charge in [0.2, 0.25) is 6.29 Å². The van der Waals surface area contributed by atoms with Gasteiger partial charge in [-0.25, -0.2) is 4.79 Å². The lowest BCUT2D eigenvalue weighted by molar-refractivity contribution is -0.0215. The number of rotatable bonds is 6. The number of para-hydroxylation sites is 1. The molecule has 3 aromatic heterocycles. The zero-order valence-electron chi connectivity index (χ0n) is 17.8. The fourth-order valence-electron chi connectivity index (χ4n) is 4.13. The first-order valence-corrected chi connectivity index (χ1v) is 10.7. The largest absolute Gasteiger partial charge is 0.459 e. The summed E-state index contributed by atoms with van der Waals surface area (Å²) in [6.45, 7) is 2.33. The predicted molar refractivity (Wildman–Crippen MR) is 121 cm³/mol. The summed E-state index contributed by atoms with van der Waals surface area (Å²) in [5, 5.41) is 11.5. The van der Waals surface area contributed by atoms with Gasteiger partial charge in [0.25, 0.3) is 0 Å². The van der Waals surface area contributed by atoms with Gasteiger partial charge in [-0.15, -0.1) is 0 Å². The molecule has 4 heterocycles. The molecule has 0 aliphatic carbocycles. The molecule has 2 atom stereocenters. The van der Waals surface area contributed by atoms with E-state index in [9.17, 15) is 9.90 Å². The Morgan fingerprint density at radius 1 is 0.939 bits per heavy atom. The molecule has 0 saturated carbocycles. The summed E-state index contributed by atoms with van der Waals surface area (Å²) in [7, 11) is 0. The van der Waals surface area contributed by atoms with Crippen molar-refractivity contribution >= 4 is 11.0 Å². The third-order valence-electron chi connectivity index (χ3n) is 5.68. The smallest absolute Gasteiger partial charge is 0.345 e. The molecule has 1 fully saturated rings. The molecule has 1 aliphatic heterocycles. The number of aliphatic hydroxyl groups excluding tert-OH is 1. The number of benzene rings is 1. The Labute approximate surface area is 190 Å². The molecule has 1 aromatic carbocycles. The number of pyridine rings is 2. The Balaban J connectivity index is 1.71. The van der Waals surface area contributed by atoms with Crippen molar-refractivity contribution in [1.82, 2.24) is 14.9 Å². The Bertz CT molecular complexity index is 1270. The molecule has 2 unspecified atom stereocenters. The van der Waals surface area contributed by atoms with E-state index in [1.165, 1.54) is 6.20 Å². The topological polar surface area (TPSA) is 97.9 Å². The van der Waals surface area contributed by atoms with Crippen LogP contribution in [-0.4, -0.2) is 46.3 Å². The van der Waals surface area contributed by atoms with Crippen molar-refractivity contribution in [3.05, 3.63) is 100 Å². The molecule has 8 nitrogen and oxygen atoms in total. The van der Waals surface area contributed by atoms with E-state index < -0.39 is 18.0 Å². The Hall–Kier alpha value is -3.59. The van der Waals surface area contributed by atoms with Gasteiger partial charge in [-0.1, -0.05) is 18.2 Å². The van der Waals surface area contributed by atoms with Gasteiger partial charge in [-0.3, -0.25) is 14.9 Å². The van der Waals surface area contributed by atoms with Gasteiger partial charge >= 0.3 is 5.63 Å². The molecular formula is C25H23N3O5. The zero-order chi connectivity index (χ0) is 22.6. The SMILES string of the molecule is O=c1oc2ccccc2c(OC(O)c2cccnc2)c1C(c1cccnc1)N1CCOCC1. The summed E-state index contributed by atoms with van der Waals surface area (Å²) in [6, 6.07) is 13.8. The number of aromatic nitrogens is 2. The van der Waals surface area contributed by atoms with E-state index in [4.69, 9.17) is 13.9 Å². The molecule has 1 N–H and O–H groups in total. The maximum absolute atomic E-state index is 13.4. The zero-order valence-corrected chi connectivity index (χ0v) is 17.8. The lowest BCUT2D eigenvalue weighted by atomic mass is 9.97. The van der Waals surface area contributed by atoms with Gasteiger partial charge in [0, 0.05) is 43.4 Å². The van der Waals surface area contributed by atoms with Crippen molar-refractivity contribution in [3.8, 4) is 5.75 Å². The lowest BCUT2D eigenvalue weighted by Crippen LogP contribution is -2.41. The summed E-state index contributed by atoms with van der Waals surface area (Å²) in [6.07, 6.45) is 5.24. The van der Waals surface area contributed by atoms with Crippen LogP contribution in [0.2, 0.25) is 0 Å². The average molecular weight is 445 g/mol. The molecule has 33 heavy (non-hydrogen) atoms. The average Bonchev–Trinajstić information content (AvgIpc) is 2.87. The second kappa shape index (κ2) is 9.50. The Morgan fingerprint density at radius 2 is 1.64 bits per heavy atom. The number of hydrogen-bond donors (Lipinski definition) is 1. The summed E-state index contributed by atoms with van der Waals surface area (Å²) in [5.74, 6) is 0.276. The molecule has 4 aromatic rings. The second-order valence-electron chi connectivity index (χ2n) is 7.72. The van der Waals surface area contributed by atoms with Crippen LogP contribution in [0.5, 0.6) is 5.75 Å². The first-order chi connectivity index (χ1) is 16.2. The highest BCUT2D eigenvalue weighted by Crippen LogP contribution is 2.38. The van der Waals surface area contributed by atoms with Gasteiger partial charge in [0.1, 0.15) is 16.9 Å². The van der Waals surface area contributed by atoms with Crippen LogP contribution < -0.4 is 10.4 Å². The highest BCUT2D eigenvalue weighted by molar-refractivity contribution is 5.84. The highest BCUT2D eigenvalue weighted by atomic mass is 16.6. The Morgan fingerprint density at radius 3 is 2.33 bits per heavy atom. The molecule has 0 radical (unpaired) electrons. The summed E-state index contributed by atoms with van der Waals surface area (Å²) < 4.78 is 17.3. The third kappa shape index (κ3) is 4.36. The quantitative estimate of drug-likeness (QED) is 0.357. The lowest BCUT2D eigenvalue weighted by Gasteiger charge is -2.35. The Kier molecular flexibility index (Phi) is 6.12. The summed E-state index contributed by atoms with van der Waals surface area (Å²) in [5.41, 5.74) is 1.47. The first-order valence-electron chi connectivity index (χ1n) is 10.7. The monoisotopic (exact) mass is 445 g/mol. The number of fused-ring (bicyclic) bond motifs is 1. The van der Waals surface area contributed by atoms with Crippen LogP contribution >= 0.6 is 0 Å². The van der Waals surface area contributed by atoms with Crippen LogP contribution in [0, 0.1) is 0 Å². The molecule has 1 aliphatic rings. The maximum atomic E-state index is 13.4. The standard InChI is InChI=1S/C25H23N3O5/c29-24(18-6-4-10-27-16-18)33-23-19-7-1-2-8-20(19)32-25(30)21(23)22(17-5-3-9-26-15-17)28-11-13-31-14-12-28/h1-10,15-16,22,24,29H,11-14H2. The van der Waals surface area contributed by atoms with Gasteiger partial charge < -0.3 is 19.0 Å². The van der Waals surface area contributed by atoms with E-state index in [2.05, 4.69) is 14.9 Å². The van der Waals surface area contributed by atoms with Gasteiger partial charge in [-0.05, 0) is 35.9 Å². The van der Waals surface area contributed by atoms with Crippen LogP contribution in [0.1, 0.15) is 29.0 Å². The van der Waals surface area contributed by atoms with Crippen LogP contribution in [-0.2, 0) is 4.74 Å². The minimum absolute atomic E-state index is 0.276. The molecule has 0 bridgehead atoms. The number of ether oxygens (including phenoxy) is 2. The van der Waals surface area contributed by atoms with Crippen LogP contribution in [0.4, 0.5) is 0 Å². The maximum Gasteiger partial charge on any atom is 0.345 e. The molecule has 168 valence electrons. The number of aliphatic hydroxyl groups is 1. The molecule has 8 heteroatoms. The van der Waals surface area contributed by atoms with Crippen molar-refractivity contribution in [1.29, 1.82) is 0 Å². The summed E-state index contributed by atoms with van der Waals surface area (Å²) in [4.78, 5) is 23.9. The number of nitrogens with zero attached hydrogens (tertiary/aromatic N) is 3. The normalized spacial score (nSPS) is 16.4.